The molecule has 0 aliphatic rings. The molecule has 1 aromatic heterocycles. The largest absolute Gasteiger partial charge is 0.494 e. The van der Waals surface area contributed by atoms with Crippen molar-refractivity contribution in [1.29, 1.82) is 0 Å². The van der Waals surface area contributed by atoms with E-state index in [0.29, 0.717) is 31.8 Å². The monoisotopic (exact) mass is 422 g/mol. The molecular weight excluding hydrogens is 391 g/mol. The molecule has 0 saturated carbocycles. The van der Waals surface area contributed by atoms with Gasteiger partial charge in [0.25, 0.3) is 5.91 Å². The highest BCUT2D eigenvalue weighted by atomic mass is 19.1. The number of benzene rings is 2. The minimum atomic E-state index is -0.240. The van der Waals surface area contributed by atoms with E-state index in [2.05, 4.69) is 18.4 Å². The summed E-state index contributed by atoms with van der Waals surface area (Å²) < 4.78 is 21.3. The van der Waals surface area contributed by atoms with E-state index >= 15 is 0 Å². The maximum absolute atomic E-state index is 13.5. The van der Waals surface area contributed by atoms with Crippen LogP contribution in [0.2, 0.25) is 0 Å². The summed E-state index contributed by atoms with van der Waals surface area (Å²) in [4.78, 5) is 15.0. The van der Waals surface area contributed by atoms with Crippen LogP contribution in [0.3, 0.4) is 0 Å². The lowest BCUT2D eigenvalue weighted by atomic mass is 10.1. The third-order valence-electron chi connectivity index (χ3n) is 5.17. The van der Waals surface area contributed by atoms with Gasteiger partial charge in [-0.25, -0.2) is 4.39 Å². The molecule has 5 heteroatoms. The third-order valence-corrected chi connectivity index (χ3v) is 5.17. The number of ether oxygens (including phenoxy) is 1. The molecule has 0 aliphatic heterocycles. The second kappa shape index (κ2) is 11.3. The van der Waals surface area contributed by atoms with Gasteiger partial charge in [-0.2, -0.15) is 0 Å². The van der Waals surface area contributed by atoms with Gasteiger partial charge in [0.05, 0.1) is 13.2 Å². The minimum absolute atomic E-state index is 0.000429. The molecule has 3 aromatic rings. The van der Waals surface area contributed by atoms with Crippen molar-refractivity contribution in [2.75, 3.05) is 13.2 Å². The molecule has 4 nitrogen and oxygen atoms in total. The zero-order valence-corrected chi connectivity index (χ0v) is 18.4. The Labute approximate surface area is 184 Å². The average molecular weight is 423 g/mol. The number of carbonyl (C=O) groups excluding carboxylic acids is 1. The number of aromatic nitrogens is 1. The third kappa shape index (κ3) is 6.45. The molecule has 0 radical (unpaired) electrons. The number of hydrogen-bond donors (Lipinski definition) is 0. The van der Waals surface area contributed by atoms with Gasteiger partial charge in [0.15, 0.2) is 0 Å². The Morgan fingerprint density at radius 1 is 1.03 bits per heavy atom. The predicted octanol–water partition coefficient (Wildman–Crippen LogP) is 5.91. The summed E-state index contributed by atoms with van der Waals surface area (Å²) in [6.07, 6.45) is 4.94. The lowest BCUT2D eigenvalue weighted by Crippen LogP contribution is -2.32. The lowest BCUT2D eigenvalue weighted by Gasteiger charge is -2.23. The molecule has 3 rings (SSSR count). The minimum Gasteiger partial charge on any atom is -0.494 e. The summed E-state index contributed by atoms with van der Waals surface area (Å²) in [5.41, 5.74) is 2.56. The van der Waals surface area contributed by atoms with Gasteiger partial charge in [0, 0.05) is 30.5 Å². The molecule has 31 heavy (non-hydrogen) atoms. The van der Waals surface area contributed by atoms with E-state index in [-0.39, 0.29) is 11.7 Å². The van der Waals surface area contributed by atoms with Crippen LogP contribution >= 0.6 is 0 Å². The SMILES string of the molecule is CCCCOc1ccc(C(=O)N(CCC)Cc2cccn2Cc2cccc(F)c2)cc1. The quantitative estimate of drug-likeness (QED) is 0.360. The van der Waals surface area contributed by atoms with E-state index < -0.39 is 0 Å². The fourth-order valence-corrected chi connectivity index (χ4v) is 3.51. The molecule has 2 aromatic carbocycles. The first kappa shape index (κ1) is 22.6. The Bertz CT molecular complexity index is 966. The summed E-state index contributed by atoms with van der Waals surface area (Å²) in [7, 11) is 0. The molecule has 0 fully saturated rings. The standard InChI is InChI=1S/C26H31FN2O2/c1-3-5-17-31-25-13-11-22(12-14-25)26(30)29(15-4-2)20-24-10-7-16-28(24)19-21-8-6-9-23(27)18-21/h6-14,16,18H,3-5,15,17,19-20H2,1-2H3. The van der Waals surface area contributed by atoms with Crippen LogP contribution in [0.25, 0.3) is 0 Å². The fraction of sp³-hybridized carbons (Fsp3) is 0.346. The van der Waals surface area contributed by atoms with E-state index in [1.165, 1.54) is 6.07 Å². The van der Waals surface area contributed by atoms with Gasteiger partial charge in [-0.05, 0) is 66.9 Å². The zero-order chi connectivity index (χ0) is 22.1. The Kier molecular flexibility index (Phi) is 8.27. The first-order chi connectivity index (χ1) is 15.1. The van der Waals surface area contributed by atoms with Crippen LogP contribution in [0.1, 0.15) is 54.7 Å². The second-order valence-electron chi connectivity index (χ2n) is 7.71. The molecule has 0 unspecified atom stereocenters. The molecule has 1 amide bonds. The van der Waals surface area contributed by atoms with Crippen molar-refractivity contribution in [3.8, 4) is 5.75 Å². The highest BCUT2D eigenvalue weighted by Gasteiger charge is 2.17. The lowest BCUT2D eigenvalue weighted by molar-refractivity contribution is 0.0739. The first-order valence-electron chi connectivity index (χ1n) is 11.0. The number of rotatable bonds is 11. The van der Waals surface area contributed by atoms with E-state index in [1.54, 1.807) is 12.1 Å². The summed E-state index contributed by atoms with van der Waals surface area (Å²) in [5, 5.41) is 0. The number of halogens is 1. The van der Waals surface area contributed by atoms with Gasteiger partial charge in [0.2, 0.25) is 0 Å². The summed E-state index contributed by atoms with van der Waals surface area (Å²) >= 11 is 0. The Hall–Kier alpha value is -3.08. The van der Waals surface area contributed by atoms with E-state index in [9.17, 15) is 9.18 Å². The van der Waals surface area contributed by atoms with Gasteiger partial charge in [-0.15, -0.1) is 0 Å². The molecule has 0 bridgehead atoms. The van der Waals surface area contributed by atoms with Crippen molar-refractivity contribution in [3.63, 3.8) is 0 Å². The number of hydrogen-bond acceptors (Lipinski definition) is 2. The van der Waals surface area contributed by atoms with Gasteiger partial charge < -0.3 is 14.2 Å². The maximum atomic E-state index is 13.5. The van der Waals surface area contributed by atoms with Crippen molar-refractivity contribution in [3.05, 3.63) is 89.5 Å². The van der Waals surface area contributed by atoms with Crippen LogP contribution in [0, 0.1) is 5.82 Å². The van der Waals surface area contributed by atoms with E-state index in [0.717, 1.165) is 36.3 Å². The second-order valence-corrected chi connectivity index (χ2v) is 7.71. The molecule has 0 aliphatic carbocycles. The molecule has 0 N–H and O–H groups in total. The average Bonchev–Trinajstić information content (AvgIpc) is 3.20. The number of carbonyl (C=O) groups is 1. The highest BCUT2D eigenvalue weighted by molar-refractivity contribution is 5.94. The van der Waals surface area contributed by atoms with Crippen molar-refractivity contribution >= 4 is 5.91 Å². The molecule has 0 saturated heterocycles. The smallest absolute Gasteiger partial charge is 0.254 e. The summed E-state index contributed by atoms with van der Waals surface area (Å²) in [6, 6.07) is 18.0. The Morgan fingerprint density at radius 2 is 1.84 bits per heavy atom. The number of amides is 1. The normalized spacial score (nSPS) is 10.8. The van der Waals surface area contributed by atoms with Gasteiger partial charge >= 0.3 is 0 Å². The van der Waals surface area contributed by atoms with Gasteiger partial charge in [0.1, 0.15) is 11.6 Å². The van der Waals surface area contributed by atoms with Crippen LogP contribution in [-0.2, 0) is 13.1 Å². The van der Waals surface area contributed by atoms with Crippen molar-refractivity contribution in [2.45, 2.75) is 46.2 Å². The van der Waals surface area contributed by atoms with E-state index in [4.69, 9.17) is 4.74 Å². The van der Waals surface area contributed by atoms with Crippen LogP contribution in [0.5, 0.6) is 5.75 Å². The maximum Gasteiger partial charge on any atom is 0.254 e. The summed E-state index contributed by atoms with van der Waals surface area (Å²) in [6.45, 7) is 6.62. The summed E-state index contributed by atoms with van der Waals surface area (Å²) in [5.74, 6) is 0.549. The molecule has 0 atom stereocenters. The predicted molar refractivity (Wildman–Crippen MR) is 122 cm³/mol. The topological polar surface area (TPSA) is 34.5 Å². The van der Waals surface area contributed by atoms with Crippen molar-refractivity contribution < 1.29 is 13.9 Å². The Balaban J connectivity index is 1.70. The fourth-order valence-electron chi connectivity index (χ4n) is 3.51. The number of nitrogens with zero attached hydrogens (tertiary/aromatic N) is 2. The number of unbranched alkanes of at least 4 members (excludes halogenated alkanes) is 1. The van der Waals surface area contributed by atoms with Crippen LogP contribution in [0.15, 0.2) is 66.9 Å². The van der Waals surface area contributed by atoms with Crippen LogP contribution in [-0.4, -0.2) is 28.5 Å². The van der Waals surface area contributed by atoms with E-state index in [1.807, 2.05) is 53.6 Å². The Morgan fingerprint density at radius 3 is 2.55 bits per heavy atom. The van der Waals surface area contributed by atoms with Gasteiger partial charge in [-0.3, -0.25) is 4.79 Å². The van der Waals surface area contributed by atoms with Crippen molar-refractivity contribution in [2.24, 2.45) is 0 Å². The van der Waals surface area contributed by atoms with Crippen LogP contribution < -0.4 is 4.74 Å². The zero-order valence-electron chi connectivity index (χ0n) is 18.4. The molecular formula is C26H31FN2O2. The first-order valence-corrected chi connectivity index (χ1v) is 11.0. The molecule has 164 valence electrons. The van der Waals surface area contributed by atoms with Crippen molar-refractivity contribution in [1.82, 2.24) is 9.47 Å². The molecule has 0 spiro atoms. The van der Waals surface area contributed by atoms with Gasteiger partial charge in [-0.1, -0.05) is 32.4 Å². The highest BCUT2D eigenvalue weighted by Crippen LogP contribution is 2.17. The molecule has 1 heterocycles. The van der Waals surface area contributed by atoms with Crippen LogP contribution in [0.4, 0.5) is 4.39 Å².